The van der Waals surface area contributed by atoms with Crippen molar-refractivity contribution < 1.29 is 26.0 Å². The summed E-state index contributed by atoms with van der Waals surface area (Å²) in [5, 5.41) is 0. The van der Waals surface area contributed by atoms with Crippen molar-refractivity contribution in [3.05, 3.63) is 0 Å². The highest BCUT2D eigenvalue weighted by Crippen LogP contribution is 2.31. The summed E-state index contributed by atoms with van der Waals surface area (Å²) in [6, 6.07) is 0. The quantitative estimate of drug-likeness (QED) is 0.684. The number of carbonyl (C=O) groups is 1. The molecule has 0 aromatic rings. The largest absolute Gasteiger partial charge is 0.469 e. The molecule has 0 amide bonds. The molecule has 0 atom stereocenters. The summed E-state index contributed by atoms with van der Waals surface area (Å²) in [5.41, 5.74) is -0.428. The van der Waals surface area contributed by atoms with Crippen LogP contribution >= 0.6 is 0 Å². The molecule has 0 bridgehead atoms. The molecule has 6 nitrogen and oxygen atoms in total. The van der Waals surface area contributed by atoms with Crippen molar-refractivity contribution in [3.63, 3.8) is 0 Å². The van der Waals surface area contributed by atoms with Gasteiger partial charge in [-0.3, -0.25) is 4.79 Å². The smallest absolute Gasteiger partial charge is 0.442 e. The first-order chi connectivity index (χ1) is 8.31. The van der Waals surface area contributed by atoms with Crippen LogP contribution in [0.1, 0.15) is 0 Å². The average molecular weight is 341 g/mol. The van der Waals surface area contributed by atoms with Crippen LogP contribution < -0.4 is 0 Å². The van der Waals surface area contributed by atoms with E-state index < -0.39 is 39.8 Å². The molecule has 0 N–H and O–H groups in total. The molecule has 0 unspecified atom stereocenters. The predicted octanol–water partition coefficient (Wildman–Crippen LogP) is 2.59. The zero-order chi connectivity index (χ0) is 15.1. The fourth-order valence-electron chi connectivity index (χ4n) is 2.47. The van der Waals surface area contributed by atoms with E-state index in [2.05, 4.69) is 0 Å². The molecule has 0 spiro atoms. The lowest BCUT2D eigenvalue weighted by Gasteiger charge is -2.45. The molecule has 0 aliphatic carbocycles. The van der Waals surface area contributed by atoms with Gasteiger partial charge in [-0.2, -0.15) is 0 Å². The molecule has 1 aliphatic heterocycles. The second-order valence-electron chi connectivity index (χ2n) is 6.05. The monoisotopic (exact) mass is 340 g/mol. The van der Waals surface area contributed by atoms with Crippen molar-refractivity contribution in [1.82, 2.24) is 0 Å². The molecule has 19 heavy (non-hydrogen) atoms. The zero-order valence-electron chi connectivity index (χ0n) is 12.9. The maximum Gasteiger partial charge on any atom is 0.442 e. The van der Waals surface area contributed by atoms with Crippen molar-refractivity contribution in [2.45, 2.75) is 45.8 Å². The second kappa shape index (κ2) is 5.18. The summed E-state index contributed by atoms with van der Waals surface area (Å²) in [7, 11) is -9.07. The Morgan fingerprint density at radius 3 is 1.37 bits per heavy atom. The van der Waals surface area contributed by atoms with Crippen molar-refractivity contribution >= 4 is 39.8 Å². The molecule has 1 rings (SSSR count). The van der Waals surface area contributed by atoms with E-state index >= 15 is 0 Å². The van der Waals surface area contributed by atoms with E-state index in [-0.39, 0.29) is 0 Å². The van der Waals surface area contributed by atoms with Crippen molar-refractivity contribution in [1.29, 1.82) is 0 Å². The summed E-state index contributed by atoms with van der Waals surface area (Å²) < 4.78 is 29.1. The number of carbonyl (C=O) groups excluding carboxylic acids is 1. The van der Waals surface area contributed by atoms with Gasteiger partial charge in [0.1, 0.15) is 0 Å². The van der Waals surface area contributed by atoms with E-state index in [1.807, 2.05) is 39.3 Å². The molecule has 1 heterocycles. The topological polar surface area (TPSA) is 63.2 Å². The molecule has 0 aromatic heterocycles. The minimum atomic E-state index is -3.12. The lowest BCUT2D eigenvalue weighted by Crippen LogP contribution is -2.67. The third-order valence-corrected chi connectivity index (χ3v) is 18.3. The third kappa shape index (κ3) is 4.59. The van der Waals surface area contributed by atoms with Gasteiger partial charge in [0.25, 0.3) is 0 Å². The van der Waals surface area contributed by atoms with Crippen LogP contribution in [-0.4, -0.2) is 46.9 Å². The Labute approximate surface area is 119 Å². The van der Waals surface area contributed by atoms with Crippen LogP contribution in [0.15, 0.2) is 0 Å². The molecule has 0 aromatic carbocycles. The maximum absolute atomic E-state index is 12.0. The van der Waals surface area contributed by atoms with Gasteiger partial charge in [0, 0.05) is 0 Å². The van der Waals surface area contributed by atoms with Gasteiger partial charge < -0.3 is 21.2 Å². The first-order valence-electron chi connectivity index (χ1n) is 6.20. The SMILES string of the molecule is COC(=O)[Si]1(C)O[Si](C)(C)O[Si](C)(C)O[Si](C)(C)O1. The van der Waals surface area contributed by atoms with Crippen molar-refractivity contribution in [2.75, 3.05) is 7.11 Å². The van der Waals surface area contributed by atoms with Crippen LogP contribution in [0.2, 0.25) is 45.8 Å². The Morgan fingerprint density at radius 2 is 1.05 bits per heavy atom. The van der Waals surface area contributed by atoms with E-state index in [1.165, 1.54) is 7.11 Å². The second-order valence-corrected chi connectivity index (χ2v) is 20.0. The number of rotatable bonds is 1. The number of ether oxygens (including phenoxy) is 1. The van der Waals surface area contributed by atoms with Crippen molar-refractivity contribution in [3.8, 4) is 0 Å². The van der Waals surface area contributed by atoms with E-state index in [0.717, 1.165) is 0 Å². The Morgan fingerprint density at radius 1 is 0.737 bits per heavy atom. The van der Waals surface area contributed by atoms with E-state index in [9.17, 15) is 4.79 Å². The minimum absolute atomic E-state index is 0.428. The zero-order valence-corrected chi connectivity index (χ0v) is 16.9. The molecule has 0 radical (unpaired) electrons. The molecule has 10 heteroatoms. The maximum atomic E-state index is 12.0. The summed E-state index contributed by atoms with van der Waals surface area (Å²) in [6.45, 7) is 13.3. The van der Waals surface area contributed by atoms with Gasteiger partial charge in [0.05, 0.1) is 7.11 Å². The molecule has 1 fully saturated rings. The van der Waals surface area contributed by atoms with Gasteiger partial charge in [-0.15, -0.1) is 0 Å². The normalized spacial score (nSPS) is 28.0. The third-order valence-electron chi connectivity index (χ3n) is 2.42. The highest BCUT2D eigenvalue weighted by atomic mass is 28.5. The van der Waals surface area contributed by atoms with E-state index in [1.54, 1.807) is 6.55 Å². The van der Waals surface area contributed by atoms with Gasteiger partial charge in [-0.1, -0.05) is 0 Å². The molecular formula is C9H24O6Si4. The average Bonchev–Trinajstić information content (AvgIpc) is 2.07. The molecule has 0 saturated carbocycles. The van der Waals surface area contributed by atoms with Gasteiger partial charge >= 0.3 is 39.8 Å². The Hall–Kier alpha value is 0.178. The van der Waals surface area contributed by atoms with Crippen LogP contribution in [0.25, 0.3) is 0 Å². The molecule has 1 aliphatic rings. The predicted molar refractivity (Wildman–Crippen MR) is 80.8 cm³/mol. The van der Waals surface area contributed by atoms with E-state index in [0.29, 0.717) is 0 Å². The number of hydrogen-bond acceptors (Lipinski definition) is 6. The molecular weight excluding hydrogens is 316 g/mol. The first kappa shape index (κ1) is 17.2. The summed E-state index contributed by atoms with van der Waals surface area (Å²) in [5.74, 6) is 0. The molecule has 1 saturated heterocycles. The van der Waals surface area contributed by atoms with Gasteiger partial charge in [0.15, 0.2) is 0 Å². The Kier molecular flexibility index (Phi) is 4.70. The van der Waals surface area contributed by atoms with Crippen molar-refractivity contribution in [2.24, 2.45) is 0 Å². The Balaban J connectivity index is 3.15. The highest BCUT2D eigenvalue weighted by Gasteiger charge is 2.57. The standard InChI is InChI=1S/C9H24O6Si4/c1-11-9(10)19(8)14-17(4,5)12-16(2,3)13-18(6,7)15-19/h1-8H3. The van der Waals surface area contributed by atoms with Crippen LogP contribution in [0.4, 0.5) is 4.79 Å². The number of methoxy groups -OCH3 is 1. The van der Waals surface area contributed by atoms with Gasteiger partial charge in [-0.25, -0.2) is 0 Å². The van der Waals surface area contributed by atoms with Crippen LogP contribution in [0.3, 0.4) is 0 Å². The highest BCUT2D eigenvalue weighted by molar-refractivity contribution is 7.04. The van der Waals surface area contributed by atoms with Crippen LogP contribution in [0, 0.1) is 0 Å². The van der Waals surface area contributed by atoms with Crippen LogP contribution in [-0.2, 0) is 21.2 Å². The fraction of sp³-hybridized carbons (Fsp3) is 0.889. The van der Waals surface area contributed by atoms with Gasteiger partial charge in [-0.05, 0) is 45.8 Å². The Bertz CT molecular complexity index is 348. The van der Waals surface area contributed by atoms with Crippen LogP contribution in [0.5, 0.6) is 0 Å². The fourth-order valence-corrected chi connectivity index (χ4v) is 22.7. The summed E-state index contributed by atoms with van der Waals surface area (Å²) >= 11 is 0. The molecule has 112 valence electrons. The van der Waals surface area contributed by atoms with E-state index in [4.69, 9.17) is 21.2 Å². The first-order valence-corrected chi connectivity index (χ1v) is 17.0. The lowest BCUT2D eigenvalue weighted by molar-refractivity contribution is 0.172. The van der Waals surface area contributed by atoms with Gasteiger partial charge in [0.2, 0.25) is 0 Å². The lowest BCUT2D eigenvalue weighted by atomic mass is 11.5. The summed E-state index contributed by atoms with van der Waals surface area (Å²) in [6.07, 6.45) is 0. The summed E-state index contributed by atoms with van der Waals surface area (Å²) in [4.78, 5) is 12.0. The number of hydrogen-bond donors (Lipinski definition) is 0. The minimum Gasteiger partial charge on any atom is -0.469 e.